The minimum absolute atomic E-state index is 0.855. The van der Waals surface area contributed by atoms with E-state index < -0.39 is 0 Å². The van der Waals surface area contributed by atoms with Gasteiger partial charge < -0.3 is 0 Å². The Morgan fingerprint density at radius 2 is 1.92 bits per heavy atom. The molecular weight excluding hydrogens is 176 g/mol. The summed E-state index contributed by atoms with van der Waals surface area (Å²) in [6.45, 7) is 3.93. The summed E-state index contributed by atoms with van der Waals surface area (Å²) in [6, 6.07) is 12.7. The molecule has 0 aliphatic heterocycles. The first-order valence-corrected chi connectivity index (χ1v) is 5.21. The standard InChI is InChI=1S/C12H11S/c1-2-10-6-3-4-7-11(10)12-8-5-9-13-12/h3-9H,1-2H2. The molecular formula is C12H11S. The fourth-order valence-corrected chi connectivity index (χ4v) is 2.20. The first kappa shape index (κ1) is 8.52. The molecule has 0 fully saturated rings. The van der Waals surface area contributed by atoms with Gasteiger partial charge in [0.15, 0.2) is 0 Å². The van der Waals surface area contributed by atoms with Crippen molar-refractivity contribution >= 4 is 11.3 Å². The smallest absolute Gasteiger partial charge is 0.0345 e. The fourth-order valence-electron chi connectivity index (χ4n) is 1.41. The van der Waals surface area contributed by atoms with Gasteiger partial charge in [-0.05, 0) is 35.9 Å². The van der Waals surface area contributed by atoms with Gasteiger partial charge >= 0.3 is 0 Å². The Hall–Kier alpha value is -1.08. The summed E-state index contributed by atoms with van der Waals surface area (Å²) >= 11 is 1.78. The summed E-state index contributed by atoms with van der Waals surface area (Å²) < 4.78 is 0. The van der Waals surface area contributed by atoms with E-state index in [1.165, 1.54) is 16.0 Å². The number of hydrogen-bond donors (Lipinski definition) is 0. The molecule has 2 aromatic rings. The second-order valence-electron chi connectivity index (χ2n) is 2.88. The summed E-state index contributed by atoms with van der Waals surface area (Å²) in [6.07, 6.45) is 0.855. The normalized spacial score (nSPS) is 10.2. The van der Waals surface area contributed by atoms with E-state index in [4.69, 9.17) is 0 Å². The van der Waals surface area contributed by atoms with Crippen molar-refractivity contribution in [2.75, 3.05) is 0 Å². The molecule has 1 radical (unpaired) electrons. The van der Waals surface area contributed by atoms with Crippen molar-refractivity contribution in [1.29, 1.82) is 0 Å². The Morgan fingerprint density at radius 1 is 1.08 bits per heavy atom. The zero-order valence-corrected chi connectivity index (χ0v) is 8.18. The van der Waals surface area contributed by atoms with Crippen molar-refractivity contribution in [3.63, 3.8) is 0 Å². The Bertz CT molecular complexity index is 374. The summed E-state index contributed by atoms with van der Waals surface area (Å²) in [7, 11) is 0. The molecule has 1 heterocycles. The molecule has 0 amide bonds. The Morgan fingerprint density at radius 3 is 2.62 bits per heavy atom. The first-order chi connectivity index (χ1) is 6.42. The van der Waals surface area contributed by atoms with Gasteiger partial charge in [-0.25, -0.2) is 0 Å². The van der Waals surface area contributed by atoms with E-state index in [-0.39, 0.29) is 0 Å². The van der Waals surface area contributed by atoms with Gasteiger partial charge in [0, 0.05) is 4.88 Å². The van der Waals surface area contributed by atoms with Gasteiger partial charge in [0.1, 0.15) is 0 Å². The largest absolute Gasteiger partial charge is 0.144 e. The third-order valence-corrected chi connectivity index (χ3v) is 2.98. The molecule has 0 unspecified atom stereocenters. The highest BCUT2D eigenvalue weighted by molar-refractivity contribution is 7.13. The van der Waals surface area contributed by atoms with Crippen molar-refractivity contribution < 1.29 is 0 Å². The van der Waals surface area contributed by atoms with Crippen LogP contribution in [0.5, 0.6) is 0 Å². The maximum atomic E-state index is 3.93. The third-order valence-electron chi connectivity index (χ3n) is 2.07. The number of thiophene rings is 1. The Balaban J connectivity index is 2.51. The van der Waals surface area contributed by atoms with Crippen LogP contribution < -0.4 is 0 Å². The fraction of sp³-hybridized carbons (Fsp3) is 0.0833. The first-order valence-electron chi connectivity index (χ1n) is 4.33. The van der Waals surface area contributed by atoms with E-state index in [9.17, 15) is 0 Å². The summed E-state index contributed by atoms with van der Waals surface area (Å²) in [5.41, 5.74) is 2.65. The van der Waals surface area contributed by atoms with E-state index >= 15 is 0 Å². The molecule has 0 saturated carbocycles. The topological polar surface area (TPSA) is 0 Å². The Kier molecular flexibility index (Phi) is 2.46. The van der Waals surface area contributed by atoms with Crippen LogP contribution in [0.4, 0.5) is 0 Å². The van der Waals surface area contributed by atoms with Gasteiger partial charge in [-0.2, -0.15) is 0 Å². The molecule has 1 heteroatoms. The van der Waals surface area contributed by atoms with Crippen LogP contribution in [-0.2, 0) is 6.42 Å². The molecule has 0 spiro atoms. The van der Waals surface area contributed by atoms with E-state index in [2.05, 4.69) is 48.7 Å². The van der Waals surface area contributed by atoms with Gasteiger partial charge in [-0.15, -0.1) is 11.3 Å². The van der Waals surface area contributed by atoms with E-state index in [1.54, 1.807) is 11.3 Å². The molecule has 1 aromatic carbocycles. The predicted octanol–water partition coefficient (Wildman–Crippen LogP) is 3.79. The predicted molar refractivity (Wildman–Crippen MR) is 58.8 cm³/mol. The average Bonchev–Trinajstić information content (AvgIpc) is 2.70. The van der Waals surface area contributed by atoms with Crippen molar-refractivity contribution in [1.82, 2.24) is 0 Å². The van der Waals surface area contributed by atoms with Crippen molar-refractivity contribution in [2.24, 2.45) is 0 Å². The summed E-state index contributed by atoms with van der Waals surface area (Å²) in [4.78, 5) is 1.33. The van der Waals surface area contributed by atoms with Crippen LogP contribution in [0, 0.1) is 6.92 Å². The molecule has 13 heavy (non-hydrogen) atoms. The monoisotopic (exact) mass is 187 g/mol. The van der Waals surface area contributed by atoms with Crippen LogP contribution in [0.3, 0.4) is 0 Å². The lowest BCUT2D eigenvalue weighted by atomic mass is 10.0. The molecule has 65 valence electrons. The van der Waals surface area contributed by atoms with Gasteiger partial charge in [-0.1, -0.05) is 30.3 Å². The second-order valence-corrected chi connectivity index (χ2v) is 3.83. The van der Waals surface area contributed by atoms with Crippen molar-refractivity contribution in [3.8, 4) is 10.4 Å². The van der Waals surface area contributed by atoms with E-state index in [0.717, 1.165) is 6.42 Å². The van der Waals surface area contributed by atoms with Gasteiger partial charge in [0.05, 0.1) is 0 Å². The van der Waals surface area contributed by atoms with Gasteiger partial charge in [-0.3, -0.25) is 0 Å². The van der Waals surface area contributed by atoms with E-state index in [0.29, 0.717) is 0 Å². The maximum absolute atomic E-state index is 3.93. The molecule has 1 aromatic heterocycles. The molecule has 0 atom stereocenters. The quantitative estimate of drug-likeness (QED) is 0.671. The van der Waals surface area contributed by atoms with Crippen LogP contribution in [0.15, 0.2) is 41.8 Å². The third kappa shape index (κ3) is 1.65. The molecule has 0 N–H and O–H groups in total. The molecule has 0 aliphatic carbocycles. The van der Waals surface area contributed by atoms with E-state index in [1.807, 2.05) is 0 Å². The zero-order valence-electron chi connectivity index (χ0n) is 7.36. The molecule has 0 aliphatic rings. The van der Waals surface area contributed by atoms with Gasteiger partial charge in [0.25, 0.3) is 0 Å². The minimum Gasteiger partial charge on any atom is -0.144 e. The number of hydrogen-bond acceptors (Lipinski definition) is 1. The van der Waals surface area contributed by atoms with Crippen molar-refractivity contribution in [3.05, 3.63) is 54.3 Å². The van der Waals surface area contributed by atoms with Crippen LogP contribution in [0.25, 0.3) is 10.4 Å². The minimum atomic E-state index is 0.855. The highest BCUT2D eigenvalue weighted by Gasteiger charge is 2.02. The average molecular weight is 187 g/mol. The zero-order chi connectivity index (χ0) is 9.10. The van der Waals surface area contributed by atoms with Crippen molar-refractivity contribution in [2.45, 2.75) is 6.42 Å². The van der Waals surface area contributed by atoms with Crippen LogP contribution in [0.2, 0.25) is 0 Å². The lowest BCUT2D eigenvalue weighted by Gasteiger charge is -2.03. The highest BCUT2D eigenvalue weighted by atomic mass is 32.1. The Labute approximate surface area is 82.9 Å². The summed E-state index contributed by atoms with van der Waals surface area (Å²) in [5.74, 6) is 0. The summed E-state index contributed by atoms with van der Waals surface area (Å²) in [5, 5.41) is 2.11. The lowest BCUT2D eigenvalue weighted by molar-refractivity contribution is 1.28. The number of benzene rings is 1. The maximum Gasteiger partial charge on any atom is 0.0345 e. The number of rotatable bonds is 2. The van der Waals surface area contributed by atoms with Crippen LogP contribution in [0.1, 0.15) is 5.56 Å². The van der Waals surface area contributed by atoms with Crippen LogP contribution >= 0.6 is 11.3 Å². The van der Waals surface area contributed by atoms with Gasteiger partial charge in [0.2, 0.25) is 0 Å². The molecule has 0 bridgehead atoms. The molecule has 0 saturated heterocycles. The lowest BCUT2D eigenvalue weighted by Crippen LogP contribution is -1.83. The highest BCUT2D eigenvalue weighted by Crippen LogP contribution is 2.27. The SMILES string of the molecule is [CH2]Cc1ccccc1-c1cccs1. The molecule has 0 nitrogen and oxygen atoms in total. The van der Waals surface area contributed by atoms with Crippen LogP contribution in [-0.4, -0.2) is 0 Å². The molecule has 2 rings (SSSR count). The second kappa shape index (κ2) is 3.75.